The second-order valence-electron chi connectivity index (χ2n) is 6.59. The number of carbonyl (C=O) groups is 1. The monoisotopic (exact) mass is 331 g/mol. The number of hydrogen-bond donors (Lipinski definition) is 1. The van der Waals surface area contributed by atoms with E-state index in [2.05, 4.69) is 34.6 Å². The number of benzene rings is 1. The average Bonchev–Trinajstić information content (AvgIpc) is 3.01. The quantitative estimate of drug-likeness (QED) is 0.934. The van der Waals surface area contributed by atoms with Crippen molar-refractivity contribution in [3.8, 4) is 11.4 Å². The van der Waals surface area contributed by atoms with E-state index in [0.29, 0.717) is 23.2 Å². The summed E-state index contributed by atoms with van der Waals surface area (Å²) in [7, 11) is 0. The minimum atomic E-state index is -0.318. The van der Waals surface area contributed by atoms with Gasteiger partial charge in [-0.15, -0.1) is 10.2 Å². The van der Waals surface area contributed by atoms with Crippen molar-refractivity contribution < 1.29 is 9.18 Å². The Balaban J connectivity index is 1.60. The highest BCUT2D eigenvalue weighted by Gasteiger charge is 2.28. The Bertz CT molecular complexity index is 699. The lowest BCUT2D eigenvalue weighted by Crippen LogP contribution is -2.45. The molecule has 0 saturated heterocycles. The molecule has 3 atom stereocenters. The smallest absolute Gasteiger partial charge is 0.243 e. The molecule has 1 aliphatic carbocycles. The second-order valence-corrected chi connectivity index (χ2v) is 6.59. The Morgan fingerprint density at radius 1 is 1.29 bits per heavy atom. The molecule has 2 aromatic rings. The zero-order chi connectivity index (χ0) is 17.1. The summed E-state index contributed by atoms with van der Waals surface area (Å²) in [6.45, 7) is 4.46. The van der Waals surface area contributed by atoms with Gasteiger partial charge in [0.15, 0.2) is 0 Å². The minimum Gasteiger partial charge on any atom is -0.351 e. The molecule has 6 nitrogen and oxygen atoms in total. The molecule has 1 heterocycles. The fraction of sp³-hybridized carbons (Fsp3) is 0.529. The van der Waals surface area contributed by atoms with Crippen LogP contribution in [-0.2, 0) is 11.3 Å². The molecule has 0 aliphatic heterocycles. The minimum absolute atomic E-state index is 0.0335. The molecule has 1 amide bonds. The molecule has 1 fully saturated rings. The molecule has 0 spiro atoms. The van der Waals surface area contributed by atoms with Gasteiger partial charge in [0.2, 0.25) is 11.7 Å². The topological polar surface area (TPSA) is 72.7 Å². The van der Waals surface area contributed by atoms with Gasteiger partial charge in [-0.1, -0.05) is 26.7 Å². The maximum atomic E-state index is 12.9. The molecule has 24 heavy (non-hydrogen) atoms. The maximum Gasteiger partial charge on any atom is 0.243 e. The summed E-state index contributed by atoms with van der Waals surface area (Å²) < 4.78 is 12.9. The summed E-state index contributed by atoms with van der Waals surface area (Å²) in [5.41, 5.74) is 0.665. The Morgan fingerprint density at radius 2 is 2.04 bits per heavy atom. The summed E-state index contributed by atoms with van der Waals surface area (Å²) in [5.74, 6) is 1.05. The van der Waals surface area contributed by atoms with Crippen LogP contribution in [0.2, 0.25) is 0 Å². The van der Waals surface area contributed by atoms with E-state index in [1.165, 1.54) is 23.4 Å². The van der Waals surface area contributed by atoms with Crippen LogP contribution in [0.3, 0.4) is 0 Å². The molecule has 1 aliphatic rings. The van der Waals surface area contributed by atoms with E-state index in [1.54, 1.807) is 12.1 Å². The maximum absolute atomic E-state index is 12.9. The van der Waals surface area contributed by atoms with E-state index in [1.807, 2.05) is 0 Å². The zero-order valence-corrected chi connectivity index (χ0v) is 13.9. The Hall–Kier alpha value is -2.31. The van der Waals surface area contributed by atoms with Crippen molar-refractivity contribution in [2.75, 3.05) is 0 Å². The molecule has 1 aromatic carbocycles. The zero-order valence-electron chi connectivity index (χ0n) is 13.9. The molecular formula is C17H22FN5O. The van der Waals surface area contributed by atoms with Crippen LogP contribution in [0.4, 0.5) is 4.39 Å². The van der Waals surface area contributed by atoms with E-state index < -0.39 is 0 Å². The van der Waals surface area contributed by atoms with Crippen LogP contribution in [0.15, 0.2) is 24.3 Å². The van der Waals surface area contributed by atoms with Gasteiger partial charge < -0.3 is 5.32 Å². The van der Waals surface area contributed by atoms with Gasteiger partial charge >= 0.3 is 0 Å². The predicted molar refractivity (Wildman–Crippen MR) is 87.3 cm³/mol. The third kappa shape index (κ3) is 3.77. The van der Waals surface area contributed by atoms with Crippen molar-refractivity contribution in [2.24, 2.45) is 11.8 Å². The molecule has 128 valence electrons. The van der Waals surface area contributed by atoms with E-state index in [-0.39, 0.29) is 24.3 Å². The number of hydrogen-bond acceptors (Lipinski definition) is 4. The van der Waals surface area contributed by atoms with Gasteiger partial charge in [0.25, 0.3) is 0 Å². The number of carbonyl (C=O) groups excluding carboxylic acids is 1. The molecule has 0 bridgehead atoms. The third-order valence-electron chi connectivity index (χ3n) is 4.89. The SMILES string of the molecule is C[C@@H]1[C@@H](C)CCC[C@H]1NC(=O)Cn1nnc(-c2ccc(F)cc2)n1. The lowest BCUT2D eigenvalue weighted by atomic mass is 9.78. The molecule has 1 saturated carbocycles. The molecule has 1 N–H and O–H groups in total. The first-order chi connectivity index (χ1) is 11.5. The highest BCUT2D eigenvalue weighted by Crippen LogP contribution is 2.29. The van der Waals surface area contributed by atoms with E-state index in [4.69, 9.17) is 0 Å². The summed E-state index contributed by atoms with van der Waals surface area (Å²) in [6.07, 6.45) is 3.38. The van der Waals surface area contributed by atoms with Crippen molar-refractivity contribution in [3.63, 3.8) is 0 Å². The standard InChI is InChI=1S/C17H22FN5O/c1-11-4-3-5-15(12(11)2)19-16(24)10-23-21-17(20-22-23)13-6-8-14(18)9-7-13/h6-9,11-12,15H,3-5,10H2,1-2H3,(H,19,24)/t11-,12+,15+/m0/s1. The van der Waals surface area contributed by atoms with Gasteiger partial charge in [0, 0.05) is 11.6 Å². The second kappa shape index (κ2) is 7.07. The van der Waals surface area contributed by atoms with Crippen LogP contribution < -0.4 is 5.32 Å². The van der Waals surface area contributed by atoms with Crippen LogP contribution in [0.25, 0.3) is 11.4 Å². The number of nitrogens with zero attached hydrogens (tertiary/aromatic N) is 4. The first-order valence-corrected chi connectivity index (χ1v) is 8.36. The van der Waals surface area contributed by atoms with Crippen LogP contribution in [0, 0.1) is 17.7 Å². The Morgan fingerprint density at radius 3 is 2.79 bits per heavy atom. The largest absolute Gasteiger partial charge is 0.351 e. The predicted octanol–water partition coefficient (Wildman–Crippen LogP) is 2.42. The Kier molecular flexibility index (Phi) is 4.87. The molecular weight excluding hydrogens is 309 g/mol. The number of nitrogens with one attached hydrogen (secondary N) is 1. The molecule has 7 heteroatoms. The summed E-state index contributed by atoms with van der Waals surface area (Å²) >= 11 is 0. The van der Waals surface area contributed by atoms with Crippen molar-refractivity contribution in [2.45, 2.75) is 45.7 Å². The van der Waals surface area contributed by atoms with E-state index in [9.17, 15) is 9.18 Å². The van der Waals surface area contributed by atoms with E-state index in [0.717, 1.165) is 12.8 Å². The first kappa shape index (κ1) is 16.5. The number of tetrazole rings is 1. The van der Waals surface area contributed by atoms with Crippen molar-refractivity contribution in [3.05, 3.63) is 30.1 Å². The van der Waals surface area contributed by atoms with Crippen LogP contribution in [-0.4, -0.2) is 32.2 Å². The van der Waals surface area contributed by atoms with Crippen LogP contribution in [0.1, 0.15) is 33.1 Å². The van der Waals surface area contributed by atoms with Crippen LogP contribution in [0.5, 0.6) is 0 Å². The van der Waals surface area contributed by atoms with Crippen molar-refractivity contribution >= 4 is 5.91 Å². The van der Waals surface area contributed by atoms with Crippen molar-refractivity contribution in [1.29, 1.82) is 0 Å². The highest BCUT2D eigenvalue weighted by molar-refractivity contribution is 5.75. The number of rotatable bonds is 4. The number of amides is 1. The number of halogens is 1. The van der Waals surface area contributed by atoms with Crippen molar-refractivity contribution in [1.82, 2.24) is 25.5 Å². The van der Waals surface area contributed by atoms with Crippen LogP contribution >= 0.6 is 0 Å². The molecule has 0 unspecified atom stereocenters. The summed E-state index contributed by atoms with van der Waals surface area (Å²) in [6, 6.07) is 6.06. The average molecular weight is 331 g/mol. The Labute approximate surface area is 140 Å². The summed E-state index contributed by atoms with van der Waals surface area (Å²) in [5, 5.41) is 15.1. The normalized spacial score (nSPS) is 23.9. The van der Waals surface area contributed by atoms with Gasteiger partial charge in [0.05, 0.1) is 0 Å². The fourth-order valence-electron chi connectivity index (χ4n) is 3.19. The fourth-order valence-corrected chi connectivity index (χ4v) is 3.19. The van der Waals surface area contributed by atoms with E-state index >= 15 is 0 Å². The van der Waals surface area contributed by atoms with Gasteiger partial charge in [-0.2, -0.15) is 4.80 Å². The van der Waals surface area contributed by atoms with Gasteiger partial charge in [0.1, 0.15) is 12.4 Å². The highest BCUT2D eigenvalue weighted by atomic mass is 19.1. The lowest BCUT2D eigenvalue weighted by Gasteiger charge is -2.34. The number of aromatic nitrogens is 4. The summed E-state index contributed by atoms with van der Waals surface area (Å²) in [4.78, 5) is 13.5. The van der Waals surface area contributed by atoms with Gasteiger partial charge in [-0.3, -0.25) is 4.79 Å². The van der Waals surface area contributed by atoms with Gasteiger partial charge in [-0.05, 0) is 47.7 Å². The molecule has 3 rings (SSSR count). The molecule has 0 radical (unpaired) electrons. The first-order valence-electron chi connectivity index (χ1n) is 8.36. The lowest BCUT2D eigenvalue weighted by molar-refractivity contribution is -0.123. The van der Waals surface area contributed by atoms with Gasteiger partial charge in [-0.25, -0.2) is 4.39 Å². The molecule has 1 aromatic heterocycles. The third-order valence-corrected chi connectivity index (χ3v) is 4.89.